The van der Waals surface area contributed by atoms with Crippen LogP contribution in [0.15, 0.2) is 35.7 Å². The van der Waals surface area contributed by atoms with Crippen molar-refractivity contribution < 1.29 is 14.3 Å². The Balaban J connectivity index is 1.64. The van der Waals surface area contributed by atoms with Gasteiger partial charge < -0.3 is 14.4 Å². The van der Waals surface area contributed by atoms with Crippen molar-refractivity contribution in [1.29, 1.82) is 0 Å². The van der Waals surface area contributed by atoms with E-state index in [1.807, 2.05) is 40.3 Å². The number of benzene rings is 1. The van der Waals surface area contributed by atoms with E-state index in [9.17, 15) is 4.79 Å². The van der Waals surface area contributed by atoms with E-state index in [2.05, 4.69) is 10.2 Å². The van der Waals surface area contributed by atoms with Gasteiger partial charge in [-0.15, -0.1) is 11.3 Å². The number of methoxy groups -OCH3 is 2. The number of hydrogen-bond acceptors (Lipinski definition) is 6. The number of H-pyrrole nitrogens is 1. The van der Waals surface area contributed by atoms with Gasteiger partial charge in [-0.05, 0) is 41.4 Å². The van der Waals surface area contributed by atoms with Crippen molar-refractivity contribution in [1.82, 2.24) is 19.7 Å². The smallest absolute Gasteiger partial charge is 0.224 e. The number of carbonyl (C=O) groups excluding carboxylic acids is 1. The second kappa shape index (κ2) is 9.03. The molecule has 0 aliphatic carbocycles. The predicted molar refractivity (Wildman–Crippen MR) is 111 cm³/mol. The minimum Gasteiger partial charge on any atom is -0.493 e. The molecule has 1 amide bonds. The first-order valence-electron chi connectivity index (χ1n) is 8.67. The van der Waals surface area contributed by atoms with E-state index in [4.69, 9.17) is 21.7 Å². The van der Waals surface area contributed by atoms with Gasteiger partial charge in [0.15, 0.2) is 22.1 Å². The lowest BCUT2D eigenvalue weighted by molar-refractivity contribution is -0.130. The van der Waals surface area contributed by atoms with Gasteiger partial charge >= 0.3 is 0 Å². The number of aromatic amines is 1. The van der Waals surface area contributed by atoms with Gasteiger partial charge in [-0.1, -0.05) is 12.1 Å². The van der Waals surface area contributed by atoms with E-state index < -0.39 is 0 Å². The highest BCUT2D eigenvalue weighted by Gasteiger charge is 2.15. The lowest BCUT2D eigenvalue weighted by atomic mass is 10.2. The van der Waals surface area contributed by atoms with Gasteiger partial charge in [-0.2, -0.15) is 5.10 Å². The second-order valence-electron chi connectivity index (χ2n) is 6.17. The third-order valence-corrected chi connectivity index (χ3v) is 5.52. The van der Waals surface area contributed by atoms with Gasteiger partial charge in [0.1, 0.15) is 0 Å². The van der Waals surface area contributed by atoms with E-state index in [1.165, 1.54) is 0 Å². The summed E-state index contributed by atoms with van der Waals surface area (Å²) in [6.45, 7) is 0.950. The standard InChI is InChI=1S/C19H22N4O3S2/c1-22(12-13-6-7-14(25-2)15(11-13)26-3)17(24)8-9-23-18(20-21-19(23)27)16-5-4-10-28-16/h4-7,10-11H,8-9,12H2,1-3H3,(H,21,27). The van der Waals surface area contributed by atoms with Crippen molar-refractivity contribution in [3.8, 4) is 22.2 Å². The van der Waals surface area contributed by atoms with Gasteiger partial charge in [0, 0.05) is 26.6 Å². The van der Waals surface area contributed by atoms with Gasteiger partial charge in [0.2, 0.25) is 5.91 Å². The number of aromatic nitrogens is 3. The fourth-order valence-corrected chi connectivity index (χ4v) is 3.80. The number of rotatable bonds is 8. The summed E-state index contributed by atoms with van der Waals surface area (Å²) < 4.78 is 13.0. The number of hydrogen-bond donors (Lipinski definition) is 1. The summed E-state index contributed by atoms with van der Waals surface area (Å²) in [5, 5.41) is 9.09. The monoisotopic (exact) mass is 418 g/mol. The lowest BCUT2D eigenvalue weighted by Crippen LogP contribution is -2.27. The number of amides is 1. The van der Waals surface area contributed by atoms with Gasteiger partial charge in [-0.3, -0.25) is 14.5 Å². The van der Waals surface area contributed by atoms with Crippen LogP contribution in [0.3, 0.4) is 0 Å². The number of nitrogens with one attached hydrogen (secondary N) is 1. The molecule has 2 heterocycles. The van der Waals surface area contributed by atoms with Crippen molar-refractivity contribution in [3.05, 3.63) is 46.0 Å². The van der Waals surface area contributed by atoms with Crippen LogP contribution in [0.2, 0.25) is 0 Å². The van der Waals surface area contributed by atoms with Crippen LogP contribution >= 0.6 is 23.6 Å². The summed E-state index contributed by atoms with van der Waals surface area (Å²) in [6.07, 6.45) is 0.329. The van der Waals surface area contributed by atoms with Crippen molar-refractivity contribution >= 4 is 29.5 Å². The molecule has 0 fully saturated rings. The highest BCUT2D eigenvalue weighted by molar-refractivity contribution is 7.71. The summed E-state index contributed by atoms with van der Waals surface area (Å²) in [7, 11) is 4.97. The summed E-state index contributed by atoms with van der Waals surface area (Å²) in [5.41, 5.74) is 0.965. The maximum atomic E-state index is 12.6. The van der Waals surface area contributed by atoms with E-state index in [0.29, 0.717) is 35.8 Å². The molecule has 0 saturated carbocycles. The molecule has 0 aliphatic heterocycles. The van der Waals surface area contributed by atoms with Crippen molar-refractivity contribution in [2.45, 2.75) is 19.5 Å². The highest BCUT2D eigenvalue weighted by atomic mass is 32.1. The van der Waals surface area contributed by atoms with E-state index in [-0.39, 0.29) is 5.91 Å². The third kappa shape index (κ3) is 4.42. The van der Waals surface area contributed by atoms with Crippen molar-refractivity contribution in [2.75, 3.05) is 21.3 Å². The SMILES string of the molecule is COc1ccc(CN(C)C(=O)CCn2c(-c3cccs3)n[nH]c2=S)cc1OC. The Labute approximate surface area is 172 Å². The average Bonchev–Trinajstić information content (AvgIpc) is 3.35. The Kier molecular flexibility index (Phi) is 6.48. The summed E-state index contributed by atoms with van der Waals surface area (Å²) in [6, 6.07) is 9.59. The lowest BCUT2D eigenvalue weighted by Gasteiger charge is -2.18. The van der Waals surface area contributed by atoms with Crippen LogP contribution in [0.25, 0.3) is 10.7 Å². The Morgan fingerprint density at radius 3 is 2.75 bits per heavy atom. The molecule has 0 radical (unpaired) electrons. The minimum absolute atomic E-state index is 0.0232. The van der Waals surface area contributed by atoms with Gasteiger partial charge in [-0.25, -0.2) is 0 Å². The molecular formula is C19H22N4O3S2. The molecule has 0 atom stereocenters. The predicted octanol–water partition coefficient (Wildman–Crippen LogP) is 3.74. The summed E-state index contributed by atoms with van der Waals surface area (Å²) in [4.78, 5) is 15.3. The molecule has 148 valence electrons. The molecule has 9 heteroatoms. The maximum Gasteiger partial charge on any atom is 0.224 e. The first-order valence-corrected chi connectivity index (χ1v) is 9.96. The molecule has 2 aromatic heterocycles. The molecule has 0 unspecified atom stereocenters. The van der Waals surface area contributed by atoms with Crippen LogP contribution in [0.4, 0.5) is 0 Å². The van der Waals surface area contributed by atoms with Crippen LogP contribution in [-0.4, -0.2) is 46.8 Å². The number of thiophene rings is 1. The van der Waals surface area contributed by atoms with Crippen molar-refractivity contribution in [2.24, 2.45) is 0 Å². The largest absolute Gasteiger partial charge is 0.493 e. The number of carbonyl (C=O) groups is 1. The van der Waals surface area contributed by atoms with Gasteiger partial charge in [0.05, 0.1) is 19.1 Å². The molecule has 0 bridgehead atoms. The summed E-state index contributed by atoms with van der Waals surface area (Å²) in [5.74, 6) is 2.09. The number of ether oxygens (including phenoxy) is 2. The van der Waals surface area contributed by atoms with Crippen LogP contribution in [-0.2, 0) is 17.9 Å². The van der Waals surface area contributed by atoms with Crippen LogP contribution in [0, 0.1) is 4.77 Å². The summed E-state index contributed by atoms with van der Waals surface area (Å²) >= 11 is 6.90. The molecule has 7 nitrogen and oxygen atoms in total. The minimum atomic E-state index is 0.0232. The molecule has 0 spiro atoms. The topological polar surface area (TPSA) is 72.4 Å². The first kappa shape index (κ1) is 20.1. The van der Waals surface area contributed by atoms with Crippen molar-refractivity contribution in [3.63, 3.8) is 0 Å². The molecule has 28 heavy (non-hydrogen) atoms. The molecule has 0 saturated heterocycles. The fourth-order valence-electron chi connectivity index (χ4n) is 2.86. The second-order valence-corrected chi connectivity index (χ2v) is 7.50. The van der Waals surface area contributed by atoms with Crippen LogP contribution < -0.4 is 9.47 Å². The number of nitrogens with zero attached hydrogens (tertiary/aromatic N) is 3. The van der Waals surface area contributed by atoms with E-state index >= 15 is 0 Å². The zero-order valence-electron chi connectivity index (χ0n) is 16.0. The van der Waals surface area contributed by atoms with E-state index in [0.717, 1.165) is 16.3 Å². The fraction of sp³-hybridized carbons (Fsp3) is 0.316. The zero-order valence-corrected chi connectivity index (χ0v) is 17.6. The molecule has 1 aromatic carbocycles. The Morgan fingerprint density at radius 2 is 2.07 bits per heavy atom. The average molecular weight is 419 g/mol. The molecule has 1 N–H and O–H groups in total. The Bertz CT molecular complexity index is 995. The van der Waals surface area contributed by atoms with Gasteiger partial charge in [0.25, 0.3) is 0 Å². The van der Waals surface area contributed by atoms with Crippen LogP contribution in [0.1, 0.15) is 12.0 Å². The normalized spacial score (nSPS) is 10.7. The van der Waals surface area contributed by atoms with E-state index in [1.54, 1.807) is 37.5 Å². The zero-order chi connectivity index (χ0) is 20.1. The van der Waals surface area contributed by atoms with Crippen LogP contribution in [0.5, 0.6) is 11.5 Å². The maximum absolute atomic E-state index is 12.6. The molecule has 3 aromatic rings. The first-order chi connectivity index (χ1) is 13.5. The highest BCUT2D eigenvalue weighted by Crippen LogP contribution is 2.28. The third-order valence-electron chi connectivity index (χ3n) is 4.34. The molecule has 3 rings (SSSR count). The Hall–Kier alpha value is -2.65. The Morgan fingerprint density at radius 1 is 1.29 bits per heavy atom. The quantitative estimate of drug-likeness (QED) is 0.564. The molecular weight excluding hydrogens is 396 g/mol. The molecule has 0 aliphatic rings.